The van der Waals surface area contributed by atoms with Crippen LogP contribution in [0.3, 0.4) is 0 Å². The number of halogens is 4. The minimum absolute atomic E-state index is 0.154. The summed E-state index contributed by atoms with van der Waals surface area (Å²) in [6.07, 6.45) is -3.89. The number of rotatable bonds is 6. The third-order valence-corrected chi connectivity index (χ3v) is 5.38. The second kappa shape index (κ2) is 8.33. The Morgan fingerprint density at radius 2 is 1.94 bits per heavy atom. The second-order valence-corrected chi connectivity index (χ2v) is 8.18. The lowest BCUT2D eigenvalue weighted by atomic mass is 10.0. The Hall–Kier alpha value is -2.88. The molecular weight excluding hydrogens is 477 g/mol. The highest BCUT2D eigenvalue weighted by molar-refractivity contribution is 9.10. The van der Waals surface area contributed by atoms with Crippen LogP contribution >= 0.6 is 15.9 Å². The Bertz CT molecular complexity index is 1200. The van der Waals surface area contributed by atoms with Crippen molar-refractivity contribution >= 4 is 26.9 Å². The van der Waals surface area contributed by atoms with Gasteiger partial charge < -0.3 is 9.15 Å². The van der Waals surface area contributed by atoms with Gasteiger partial charge in [0.15, 0.2) is 5.76 Å². The van der Waals surface area contributed by atoms with Gasteiger partial charge in [-0.15, -0.1) is 10.2 Å². The van der Waals surface area contributed by atoms with Gasteiger partial charge in [-0.1, -0.05) is 22.0 Å². The molecule has 10 heteroatoms. The van der Waals surface area contributed by atoms with E-state index >= 15 is 0 Å². The largest absolute Gasteiger partial charge is 0.490 e. The summed E-state index contributed by atoms with van der Waals surface area (Å²) < 4.78 is 52.4. The van der Waals surface area contributed by atoms with E-state index in [1.54, 1.807) is 26.0 Å². The van der Waals surface area contributed by atoms with E-state index < -0.39 is 11.7 Å². The summed E-state index contributed by atoms with van der Waals surface area (Å²) in [6, 6.07) is 9.78. The smallest absolute Gasteiger partial charge is 0.419 e. The molecule has 0 aliphatic heterocycles. The SMILES string of the molecule is CC(C)Oc1ccc(CCc2cc3oc(-c4nn[nH]n4)cc3cc2Br)cc1C(F)(F)F. The molecule has 162 valence electrons. The summed E-state index contributed by atoms with van der Waals surface area (Å²) in [5.74, 6) is 0.666. The maximum Gasteiger partial charge on any atom is 0.419 e. The average Bonchev–Trinajstić information content (AvgIpc) is 3.35. The Kier molecular flexibility index (Phi) is 5.74. The number of aromatic amines is 1. The molecule has 0 aliphatic rings. The summed E-state index contributed by atoms with van der Waals surface area (Å²) in [7, 11) is 0. The van der Waals surface area contributed by atoms with E-state index in [4.69, 9.17) is 9.15 Å². The molecule has 2 aromatic carbocycles. The van der Waals surface area contributed by atoms with E-state index in [9.17, 15) is 13.2 Å². The molecular formula is C21H18BrF3N4O2. The number of aryl methyl sites for hydroxylation is 2. The second-order valence-electron chi connectivity index (χ2n) is 7.32. The van der Waals surface area contributed by atoms with Crippen molar-refractivity contribution in [2.24, 2.45) is 0 Å². The maximum absolute atomic E-state index is 13.5. The fourth-order valence-corrected chi connectivity index (χ4v) is 3.82. The van der Waals surface area contributed by atoms with Crippen LogP contribution < -0.4 is 4.74 Å². The number of nitrogens with zero attached hydrogens (tertiary/aromatic N) is 3. The Balaban J connectivity index is 1.58. The Labute approximate surface area is 183 Å². The zero-order valence-corrected chi connectivity index (χ0v) is 18.2. The number of alkyl halides is 3. The molecule has 6 nitrogen and oxygen atoms in total. The monoisotopic (exact) mass is 494 g/mol. The number of aromatic nitrogens is 4. The number of hydrogen-bond donors (Lipinski definition) is 1. The number of hydrogen-bond acceptors (Lipinski definition) is 5. The lowest BCUT2D eigenvalue weighted by Crippen LogP contribution is -2.13. The fourth-order valence-electron chi connectivity index (χ4n) is 3.26. The topological polar surface area (TPSA) is 76.8 Å². The van der Waals surface area contributed by atoms with Gasteiger partial charge in [0.25, 0.3) is 0 Å². The molecule has 0 unspecified atom stereocenters. The molecule has 4 rings (SSSR count). The highest BCUT2D eigenvalue weighted by Gasteiger charge is 2.34. The van der Waals surface area contributed by atoms with E-state index in [0.717, 1.165) is 21.5 Å². The van der Waals surface area contributed by atoms with Crippen LogP contribution in [0.15, 0.2) is 45.3 Å². The number of tetrazole rings is 1. The van der Waals surface area contributed by atoms with Gasteiger partial charge in [-0.2, -0.15) is 18.4 Å². The van der Waals surface area contributed by atoms with Gasteiger partial charge in [-0.25, -0.2) is 0 Å². The van der Waals surface area contributed by atoms with Crippen LogP contribution in [0.2, 0.25) is 0 Å². The van der Waals surface area contributed by atoms with Gasteiger partial charge in [-0.05, 0) is 73.4 Å². The van der Waals surface area contributed by atoms with E-state index in [2.05, 4.69) is 36.6 Å². The molecule has 4 aromatic rings. The zero-order chi connectivity index (χ0) is 22.2. The van der Waals surface area contributed by atoms with E-state index in [1.807, 2.05) is 12.1 Å². The van der Waals surface area contributed by atoms with Crippen molar-refractivity contribution < 1.29 is 22.3 Å². The van der Waals surface area contributed by atoms with Crippen molar-refractivity contribution in [2.45, 2.75) is 39.0 Å². The van der Waals surface area contributed by atoms with Crippen molar-refractivity contribution in [1.82, 2.24) is 20.6 Å². The number of benzene rings is 2. The minimum atomic E-state index is -4.49. The number of ether oxygens (including phenoxy) is 1. The maximum atomic E-state index is 13.5. The van der Waals surface area contributed by atoms with Crippen molar-refractivity contribution in [3.05, 3.63) is 57.6 Å². The van der Waals surface area contributed by atoms with Gasteiger partial charge in [-0.3, -0.25) is 0 Å². The zero-order valence-electron chi connectivity index (χ0n) is 16.6. The van der Waals surface area contributed by atoms with Crippen LogP contribution in [0.25, 0.3) is 22.6 Å². The lowest BCUT2D eigenvalue weighted by molar-refractivity contribution is -0.139. The summed E-state index contributed by atoms with van der Waals surface area (Å²) in [5.41, 5.74) is 1.36. The molecule has 0 fully saturated rings. The van der Waals surface area contributed by atoms with E-state index in [-0.39, 0.29) is 11.9 Å². The first kappa shape index (κ1) is 21.4. The molecule has 31 heavy (non-hydrogen) atoms. The highest BCUT2D eigenvalue weighted by Crippen LogP contribution is 2.38. The van der Waals surface area contributed by atoms with E-state index in [0.29, 0.717) is 35.6 Å². The number of furan rings is 1. The first-order chi connectivity index (χ1) is 14.7. The number of H-pyrrole nitrogens is 1. The van der Waals surface area contributed by atoms with Crippen LogP contribution in [0.1, 0.15) is 30.5 Å². The molecule has 0 atom stereocenters. The van der Waals surface area contributed by atoms with Crippen molar-refractivity contribution in [3.8, 4) is 17.3 Å². The van der Waals surface area contributed by atoms with E-state index in [1.165, 1.54) is 6.07 Å². The molecule has 1 N–H and O–H groups in total. The Morgan fingerprint density at radius 1 is 1.13 bits per heavy atom. The third kappa shape index (κ3) is 4.73. The first-order valence-corrected chi connectivity index (χ1v) is 10.3. The fraction of sp³-hybridized carbons (Fsp3) is 0.286. The number of fused-ring (bicyclic) bond motifs is 1. The molecule has 0 amide bonds. The molecule has 0 saturated carbocycles. The summed E-state index contributed by atoms with van der Waals surface area (Å²) in [5, 5.41) is 14.5. The molecule has 2 heterocycles. The molecule has 0 aliphatic carbocycles. The van der Waals surface area contributed by atoms with Crippen LogP contribution in [-0.4, -0.2) is 26.7 Å². The van der Waals surface area contributed by atoms with Gasteiger partial charge in [0.2, 0.25) is 5.82 Å². The van der Waals surface area contributed by atoms with Crippen molar-refractivity contribution in [1.29, 1.82) is 0 Å². The highest BCUT2D eigenvalue weighted by atomic mass is 79.9. The molecule has 0 saturated heterocycles. The first-order valence-electron chi connectivity index (χ1n) is 9.53. The standard InChI is InChI=1S/C21H18BrF3N4O2/c1-11(2)30-17-6-4-12(7-15(17)21(23,24)25)3-5-13-9-18-14(8-16(13)22)10-19(31-18)20-26-28-29-27-20/h4,6-11H,3,5H2,1-2H3,(H,26,27,28,29). The van der Waals surface area contributed by atoms with Gasteiger partial charge >= 0.3 is 6.18 Å². The van der Waals surface area contributed by atoms with Gasteiger partial charge in [0.05, 0.1) is 11.7 Å². The van der Waals surface area contributed by atoms with Gasteiger partial charge in [0.1, 0.15) is 11.3 Å². The lowest BCUT2D eigenvalue weighted by Gasteiger charge is -2.17. The predicted octanol–water partition coefficient (Wildman–Crippen LogP) is 5.97. The van der Waals surface area contributed by atoms with Crippen LogP contribution in [-0.2, 0) is 19.0 Å². The number of nitrogens with one attached hydrogen (secondary N) is 1. The summed E-state index contributed by atoms with van der Waals surface area (Å²) >= 11 is 3.54. The van der Waals surface area contributed by atoms with Crippen LogP contribution in [0, 0.1) is 0 Å². The Morgan fingerprint density at radius 3 is 2.61 bits per heavy atom. The average molecular weight is 495 g/mol. The van der Waals surface area contributed by atoms with Crippen molar-refractivity contribution in [3.63, 3.8) is 0 Å². The molecule has 0 radical (unpaired) electrons. The summed E-state index contributed by atoms with van der Waals surface area (Å²) in [6.45, 7) is 3.39. The third-order valence-electron chi connectivity index (χ3n) is 4.65. The van der Waals surface area contributed by atoms with Crippen LogP contribution in [0.5, 0.6) is 5.75 Å². The van der Waals surface area contributed by atoms with Gasteiger partial charge in [0, 0.05) is 9.86 Å². The normalized spacial score (nSPS) is 12.1. The summed E-state index contributed by atoms with van der Waals surface area (Å²) in [4.78, 5) is 0. The molecule has 0 bridgehead atoms. The molecule has 2 aromatic heterocycles. The molecule has 0 spiro atoms. The minimum Gasteiger partial charge on any atom is -0.490 e. The van der Waals surface area contributed by atoms with Crippen LogP contribution in [0.4, 0.5) is 13.2 Å². The predicted molar refractivity (Wildman–Crippen MR) is 112 cm³/mol. The van der Waals surface area contributed by atoms with Crippen molar-refractivity contribution in [2.75, 3.05) is 0 Å². The quantitative estimate of drug-likeness (QED) is 0.357.